The number of sulfonamides is 1. The second-order valence-electron chi connectivity index (χ2n) is 15.0. The van der Waals surface area contributed by atoms with Crippen LogP contribution in [0.5, 0.6) is 0 Å². The number of nitrogens with zero attached hydrogens (tertiary/aromatic N) is 3. The van der Waals surface area contributed by atoms with Crippen LogP contribution in [0.4, 0.5) is 14.3 Å². The molecular formula is C46H69FN6O7S2. The molecule has 3 fully saturated rings. The monoisotopic (exact) mass is 900 g/mol. The fourth-order valence-corrected chi connectivity index (χ4v) is 8.68. The number of unbranched alkanes of at least 4 members (excludes halogenated alkanes) is 3. The van der Waals surface area contributed by atoms with E-state index in [0.29, 0.717) is 36.6 Å². The largest absolute Gasteiger partial charge is 0.465 e. The van der Waals surface area contributed by atoms with E-state index in [-0.39, 0.29) is 61.9 Å². The van der Waals surface area contributed by atoms with Gasteiger partial charge in [0.2, 0.25) is 27.7 Å². The summed E-state index contributed by atoms with van der Waals surface area (Å²) in [5, 5.41) is 17.0. The molecule has 4 N–H and O–H groups in total. The lowest BCUT2D eigenvalue weighted by Gasteiger charge is -2.23. The van der Waals surface area contributed by atoms with Crippen LogP contribution in [-0.4, -0.2) is 83.0 Å². The van der Waals surface area contributed by atoms with E-state index in [1.54, 1.807) is 31.0 Å². The summed E-state index contributed by atoms with van der Waals surface area (Å²) in [6, 6.07) is 14.3. The van der Waals surface area contributed by atoms with Crippen molar-refractivity contribution in [2.24, 2.45) is 11.8 Å². The Morgan fingerprint density at radius 2 is 1.69 bits per heavy atom. The number of allylic oxidation sites excluding steroid dienone is 2. The maximum atomic E-state index is 13.1. The fraction of sp³-hybridized carbons (Fsp3) is 0.543. The van der Waals surface area contributed by atoms with Crippen LogP contribution in [0, 0.1) is 17.7 Å². The first-order valence-electron chi connectivity index (χ1n) is 21.5. The molecule has 3 heterocycles. The number of carbonyl (C=O) groups excluding carboxylic acids is 3. The summed E-state index contributed by atoms with van der Waals surface area (Å²) in [6.07, 6.45) is 11.5. The number of nitrogens with one attached hydrogen (secondary N) is 3. The molecule has 3 atom stereocenters. The average Bonchev–Trinajstić information content (AvgIpc) is 3.97. The molecule has 0 spiro atoms. The van der Waals surface area contributed by atoms with Crippen LogP contribution in [0.3, 0.4) is 0 Å². The summed E-state index contributed by atoms with van der Waals surface area (Å²) in [5.74, 6) is -0.713. The van der Waals surface area contributed by atoms with Crippen molar-refractivity contribution in [3.05, 3.63) is 83.0 Å². The van der Waals surface area contributed by atoms with Gasteiger partial charge in [-0.05, 0) is 69.4 Å². The molecule has 4 amide bonds. The highest BCUT2D eigenvalue weighted by Crippen LogP contribution is 2.44. The molecule has 1 aromatic heterocycles. The summed E-state index contributed by atoms with van der Waals surface area (Å²) >= 11 is 1.47. The molecule has 1 saturated heterocycles. The van der Waals surface area contributed by atoms with Gasteiger partial charge in [0, 0.05) is 42.6 Å². The van der Waals surface area contributed by atoms with E-state index in [4.69, 9.17) is 5.11 Å². The number of hydrogen-bond donors (Lipinski definition) is 4. The van der Waals surface area contributed by atoms with Crippen molar-refractivity contribution < 1.29 is 37.1 Å². The standard InChI is InChI=1S/C17H20N4O2S.C15H25NO3S.C9H8FNO2.2C2H6.CH4/c1-18-16(23)14-8-5-9-21(14)15(22)10-19-17-20-13(11-24-17)12-6-3-2-4-7-12;1-3-4-5-6-7-8-12-11-13(12)14(17)16-20(18,19)15(2)9-10-15;10-8-3-1-2-6-4-11(9(12)13)5-7(6)8;2*1-2;/h2-4,6-7,11,14H,5,8-10H2,1H3,(H,18,23)(H,19,20);7-8,12-13H,3-6,9-11H2,1-2H3,(H,16,17);1-3H,4-5H2,(H,12,13);2*1-2H3;1H4/b;8-7-;;;;. The number of benzene rings is 2. The summed E-state index contributed by atoms with van der Waals surface area (Å²) in [7, 11) is -1.87. The van der Waals surface area contributed by atoms with Gasteiger partial charge in [-0.15, -0.1) is 11.3 Å². The minimum atomic E-state index is -3.47. The number of likely N-dealkylation sites (tertiary alicyclic amines) is 1. The van der Waals surface area contributed by atoms with E-state index in [1.807, 2.05) is 63.4 Å². The smallest absolute Gasteiger partial charge is 0.407 e. The van der Waals surface area contributed by atoms with Crippen LogP contribution in [-0.2, 0) is 37.5 Å². The normalized spacial score (nSPS) is 18.6. The van der Waals surface area contributed by atoms with Crippen molar-refractivity contribution in [1.82, 2.24) is 24.8 Å². The van der Waals surface area contributed by atoms with E-state index >= 15 is 0 Å². The molecule has 2 aliphatic carbocycles. The lowest BCUT2D eigenvalue weighted by molar-refractivity contribution is -0.136. The summed E-state index contributed by atoms with van der Waals surface area (Å²) in [5.41, 5.74) is 3.21. The number of hydrogen-bond acceptors (Lipinski definition) is 9. The van der Waals surface area contributed by atoms with Gasteiger partial charge < -0.3 is 20.6 Å². The third-order valence-corrected chi connectivity index (χ3v) is 13.6. The van der Waals surface area contributed by atoms with Crippen LogP contribution in [0.25, 0.3) is 11.3 Å². The molecule has 344 valence electrons. The molecule has 2 aliphatic heterocycles. The number of amides is 4. The van der Waals surface area contributed by atoms with Crippen LogP contribution in [0.1, 0.15) is 118 Å². The second-order valence-corrected chi connectivity index (χ2v) is 18.0. The Morgan fingerprint density at radius 1 is 1.00 bits per heavy atom. The van der Waals surface area contributed by atoms with Crippen molar-refractivity contribution >= 4 is 50.3 Å². The zero-order valence-corrected chi connectivity index (χ0v) is 38.3. The number of anilines is 1. The Bertz CT molecular complexity index is 2020. The van der Waals surface area contributed by atoms with Gasteiger partial charge in [0.1, 0.15) is 11.9 Å². The molecule has 16 heteroatoms. The fourth-order valence-electron chi connectivity index (χ4n) is 6.66. The number of rotatable bonds is 13. The first-order chi connectivity index (χ1) is 29.3. The quantitative estimate of drug-likeness (QED) is 0.0962. The highest BCUT2D eigenvalue weighted by Gasteiger charge is 2.52. The van der Waals surface area contributed by atoms with Crippen molar-refractivity contribution in [2.75, 3.05) is 25.5 Å². The first-order valence-corrected chi connectivity index (χ1v) is 23.9. The van der Waals surface area contributed by atoms with Gasteiger partial charge in [-0.3, -0.25) is 24.0 Å². The highest BCUT2D eigenvalue weighted by molar-refractivity contribution is 7.91. The molecule has 0 radical (unpaired) electrons. The number of likely N-dealkylation sites (N-methyl/N-ethyl adjacent to an activating group) is 1. The van der Waals surface area contributed by atoms with Crippen LogP contribution < -0.4 is 15.4 Å². The average molecular weight is 901 g/mol. The Hall–Kier alpha value is -4.83. The van der Waals surface area contributed by atoms with Gasteiger partial charge in [0.15, 0.2) is 5.13 Å². The second kappa shape index (κ2) is 25.9. The molecule has 3 unspecified atom stereocenters. The number of halogens is 1. The van der Waals surface area contributed by atoms with Gasteiger partial charge >= 0.3 is 6.09 Å². The first kappa shape index (κ1) is 53.3. The third-order valence-electron chi connectivity index (χ3n) is 10.7. The Labute approximate surface area is 373 Å². The summed E-state index contributed by atoms with van der Waals surface area (Å²) in [4.78, 5) is 54.1. The lowest BCUT2D eigenvalue weighted by Crippen LogP contribution is -2.46. The van der Waals surface area contributed by atoms with Gasteiger partial charge in [-0.2, -0.15) is 0 Å². The maximum absolute atomic E-state index is 13.1. The Balaban J connectivity index is 0.000000316. The molecule has 7 rings (SSSR count). The highest BCUT2D eigenvalue weighted by atomic mass is 32.2. The number of aromatic nitrogens is 1. The SMILES string of the molecule is C.CC.CC.CCCCC/C=C\C1CC1C(=O)NS(=O)(=O)C1(C)CC1.CNC(=O)C1CCCN1C(=O)CNc1nc(-c2ccccc2)cs1.O=C(O)N1Cc2cccc(F)c2C1. The maximum Gasteiger partial charge on any atom is 0.407 e. The van der Waals surface area contributed by atoms with Crippen LogP contribution in [0.2, 0.25) is 0 Å². The van der Waals surface area contributed by atoms with Crippen LogP contribution >= 0.6 is 11.3 Å². The van der Waals surface area contributed by atoms with Crippen molar-refractivity contribution in [3.8, 4) is 11.3 Å². The zero-order chi connectivity index (χ0) is 45.2. The molecule has 2 saturated carbocycles. The molecular weight excluding hydrogens is 832 g/mol. The number of carboxylic acid groups (broad SMARTS) is 1. The number of thiazole rings is 1. The summed E-state index contributed by atoms with van der Waals surface area (Å²) in [6.45, 7) is 13.1. The topological polar surface area (TPSA) is 178 Å². The number of fused-ring (bicyclic) bond motifs is 1. The minimum absolute atomic E-state index is 0. The predicted octanol–water partition coefficient (Wildman–Crippen LogP) is 9.22. The predicted molar refractivity (Wildman–Crippen MR) is 248 cm³/mol. The molecule has 62 heavy (non-hydrogen) atoms. The minimum Gasteiger partial charge on any atom is -0.465 e. The zero-order valence-electron chi connectivity index (χ0n) is 36.7. The Morgan fingerprint density at radius 3 is 2.31 bits per heavy atom. The molecule has 13 nitrogen and oxygen atoms in total. The molecule has 3 aromatic rings. The van der Waals surface area contributed by atoms with E-state index in [2.05, 4.69) is 39.4 Å². The number of carbonyl (C=O) groups is 4. The molecule has 4 aliphatic rings. The molecule has 0 bridgehead atoms. The van der Waals surface area contributed by atoms with Gasteiger partial charge in [0.05, 0.1) is 23.5 Å². The van der Waals surface area contributed by atoms with Gasteiger partial charge in [-0.25, -0.2) is 22.6 Å². The van der Waals surface area contributed by atoms with E-state index in [9.17, 15) is 32.0 Å². The van der Waals surface area contributed by atoms with E-state index in [0.717, 1.165) is 42.5 Å². The summed E-state index contributed by atoms with van der Waals surface area (Å²) < 4.78 is 38.6. The van der Waals surface area contributed by atoms with Crippen molar-refractivity contribution in [3.63, 3.8) is 0 Å². The van der Waals surface area contributed by atoms with Gasteiger partial charge in [0.25, 0.3) is 0 Å². The third kappa shape index (κ3) is 15.2. The Kier molecular flexibility index (Phi) is 22.3. The lowest BCUT2D eigenvalue weighted by atomic mass is 10.1. The van der Waals surface area contributed by atoms with Gasteiger partial charge in [-0.1, -0.05) is 110 Å². The molecule has 2 aromatic carbocycles. The van der Waals surface area contributed by atoms with E-state index in [1.165, 1.54) is 41.6 Å². The van der Waals surface area contributed by atoms with E-state index < -0.39 is 20.9 Å². The van der Waals surface area contributed by atoms with Crippen molar-refractivity contribution in [2.45, 2.75) is 131 Å². The van der Waals surface area contributed by atoms with Crippen molar-refractivity contribution in [1.29, 1.82) is 0 Å². The van der Waals surface area contributed by atoms with Crippen LogP contribution in [0.15, 0.2) is 66.1 Å².